The summed E-state index contributed by atoms with van der Waals surface area (Å²) < 4.78 is 3.79. The van der Waals surface area contributed by atoms with Crippen molar-refractivity contribution in [2.24, 2.45) is 0 Å². The van der Waals surface area contributed by atoms with Crippen LogP contribution >= 0.6 is 0 Å². The largest absolute Gasteiger partial charge is 0.341 e. The molecule has 10 heteroatoms. The van der Waals surface area contributed by atoms with E-state index in [1.807, 2.05) is 37.3 Å². The first-order chi connectivity index (χ1) is 13.5. The van der Waals surface area contributed by atoms with Crippen LogP contribution in [0.2, 0.25) is 0 Å². The predicted octanol–water partition coefficient (Wildman–Crippen LogP) is -0.116. The van der Waals surface area contributed by atoms with E-state index < -0.39 is 29.7 Å². The van der Waals surface area contributed by atoms with Gasteiger partial charge in [-0.25, -0.2) is 19.1 Å². The molecule has 10 nitrogen and oxygen atoms in total. The Kier molecular flexibility index (Phi) is 5.39. The van der Waals surface area contributed by atoms with Gasteiger partial charge in [0.25, 0.3) is 5.56 Å². The van der Waals surface area contributed by atoms with Gasteiger partial charge in [-0.05, 0) is 12.5 Å². The molecule has 0 aliphatic carbocycles. The molecule has 1 aromatic carbocycles. The highest BCUT2D eigenvalue weighted by atomic mass is 16.2. The van der Waals surface area contributed by atoms with E-state index in [1.165, 1.54) is 17.9 Å². The topological polar surface area (TPSA) is 120 Å². The average molecular weight is 384 g/mol. The van der Waals surface area contributed by atoms with Gasteiger partial charge in [-0.1, -0.05) is 30.3 Å². The normalized spacial score (nSPS) is 10.8. The molecule has 0 bridgehead atoms. The molecule has 28 heavy (non-hydrogen) atoms. The summed E-state index contributed by atoms with van der Waals surface area (Å²) in [6.45, 7) is 1.93. The van der Waals surface area contributed by atoms with Crippen LogP contribution in [0, 0.1) is 0 Å². The van der Waals surface area contributed by atoms with Crippen LogP contribution < -0.4 is 21.9 Å². The average Bonchev–Trinajstić information content (AvgIpc) is 3.13. The van der Waals surface area contributed by atoms with Crippen molar-refractivity contribution in [1.29, 1.82) is 0 Å². The first-order valence-corrected chi connectivity index (χ1v) is 8.70. The van der Waals surface area contributed by atoms with Gasteiger partial charge in [0, 0.05) is 13.6 Å². The SMILES string of the molecule is CCn1cnc2c1c(=O)n(CC(=O)NC(=O)NC)c(=O)n2Cc1ccccc1. The second kappa shape index (κ2) is 7.91. The number of fused-ring (bicyclic) bond motifs is 1. The summed E-state index contributed by atoms with van der Waals surface area (Å²) >= 11 is 0. The molecule has 146 valence electrons. The summed E-state index contributed by atoms with van der Waals surface area (Å²) in [5.41, 5.74) is 0.0249. The van der Waals surface area contributed by atoms with Crippen molar-refractivity contribution in [1.82, 2.24) is 29.3 Å². The van der Waals surface area contributed by atoms with Crippen molar-refractivity contribution in [2.75, 3.05) is 7.05 Å². The fourth-order valence-electron chi connectivity index (χ4n) is 2.90. The zero-order valence-electron chi connectivity index (χ0n) is 15.5. The Hall–Kier alpha value is -3.69. The molecule has 0 saturated carbocycles. The lowest BCUT2D eigenvalue weighted by atomic mass is 10.2. The number of aromatic nitrogens is 4. The minimum atomic E-state index is -0.772. The number of imide groups is 1. The van der Waals surface area contributed by atoms with E-state index >= 15 is 0 Å². The van der Waals surface area contributed by atoms with E-state index in [0.717, 1.165) is 10.1 Å². The second-order valence-electron chi connectivity index (χ2n) is 6.08. The number of hydrogen-bond acceptors (Lipinski definition) is 5. The molecule has 0 saturated heterocycles. The second-order valence-corrected chi connectivity index (χ2v) is 6.08. The molecule has 2 heterocycles. The highest BCUT2D eigenvalue weighted by Crippen LogP contribution is 2.09. The minimum Gasteiger partial charge on any atom is -0.341 e. The van der Waals surface area contributed by atoms with Crippen LogP contribution in [-0.2, 0) is 24.4 Å². The van der Waals surface area contributed by atoms with E-state index in [0.29, 0.717) is 6.54 Å². The minimum absolute atomic E-state index is 0.189. The van der Waals surface area contributed by atoms with Crippen LogP contribution in [0.5, 0.6) is 0 Å². The quantitative estimate of drug-likeness (QED) is 0.636. The fraction of sp³-hybridized carbons (Fsp3) is 0.278. The van der Waals surface area contributed by atoms with Crippen LogP contribution in [0.3, 0.4) is 0 Å². The van der Waals surface area contributed by atoms with Gasteiger partial charge in [0.05, 0.1) is 12.9 Å². The summed E-state index contributed by atoms with van der Waals surface area (Å²) in [6.07, 6.45) is 1.49. The molecule has 0 spiro atoms. The Bertz CT molecular complexity index is 1140. The maximum Gasteiger partial charge on any atom is 0.333 e. The smallest absolute Gasteiger partial charge is 0.333 e. The van der Waals surface area contributed by atoms with E-state index in [1.54, 1.807) is 4.57 Å². The number of imidazole rings is 1. The zero-order valence-corrected chi connectivity index (χ0v) is 15.5. The number of rotatable bonds is 5. The van der Waals surface area contributed by atoms with Gasteiger partial charge in [-0.15, -0.1) is 0 Å². The van der Waals surface area contributed by atoms with E-state index in [-0.39, 0.29) is 17.7 Å². The van der Waals surface area contributed by atoms with Gasteiger partial charge in [-0.2, -0.15) is 0 Å². The van der Waals surface area contributed by atoms with E-state index in [4.69, 9.17) is 0 Å². The van der Waals surface area contributed by atoms with Crippen molar-refractivity contribution < 1.29 is 9.59 Å². The standard InChI is InChI=1S/C18H20N6O4/c1-3-22-11-20-15-14(22)16(26)24(10-13(25)21-17(27)19-2)18(28)23(15)9-12-7-5-4-6-8-12/h4-8,11H,3,9-10H2,1-2H3,(H2,19,21,25,27). The van der Waals surface area contributed by atoms with Crippen molar-refractivity contribution in [2.45, 2.75) is 26.6 Å². The molecule has 3 amide bonds. The van der Waals surface area contributed by atoms with Crippen molar-refractivity contribution in [3.8, 4) is 0 Å². The summed E-state index contributed by atoms with van der Waals surface area (Å²) in [7, 11) is 1.35. The van der Waals surface area contributed by atoms with Gasteiger partial charge >= 0.3 is 11.7 Å². The van der Waals surface area contributed by atoms with Crippen LogP contribution in [-0.4, -0.2) is 37.7 Å². The summed E-state index contributed by atoms with van der Waals surface area (Å²) in [5.74, 6) is -0.772. The van der Waals surface area contributed by atoms with Crippen LogP contribution in [0.4, 0.5) is 4.79 Å². The van der Waals surface area contributed by atoms with Gasteiger partial charge in [0.15, 0.2) is 11.2 Å². The number of carbonyl (C=O) groups excluding carboxylic acids is 2. The van der Waals surface area contributed by atoms with Crippen molar-refractivity contribution in [3.05, 3.63) is 63.1 Å². The number of carbonyl (C=O) groups is 2. The number of nitrogens with zero attached hydrogens (tertiary/aromatic N) is 4. The Morgan fingerprint density at radius 1 is 1.11 bits per heavy atom. The molecule has 0 unspecified atom stereocenters. The van der Waals surface area contributed by atoms with Crippen molar-refractivity contribution >= 4 is 23.1 Å². The molecule has 2 N–H and O–H groups in total. The van der Waals surface area contributed by atoms with Gasteiger partial charge in [-0.3, -0.25) is 19.5 Å². The third-order valence-electron chi connectivity index (χ3n) is 4.29. The third-order valence-corrected chi connectivity index (χ3v) is 4.29. The molecule has 2 aromatic heterocycles. The lowest BCUT2D eigenvalue weighted by Gasteiger charge is -2.12. The van der Waals surface area contributed by atoms with Gasteiger partial charge in [0.1, 0.15) is 6.54 Å². The summed E-state index contributed by atoms with van der Waals surface area (Å²) in [6, 6.07) is 8.52. The molecule has 3 rings (SSSR count). The Morgan fingerprint density at radius 3 is 2.46 bits per heavy atom. The first kappa shape index (κ1) is 19.1. The number of urea groups is 1. The number of benzene rings is 1. The zero-order chi connectivity index (χ0) is 20.3. The molecule has 0 aliphatic heterocycles. The van der Waals surface area contributed by atoms with Gasteiger partial charge in [0.2, 0.25) is 5.91 Å². The number of hydrogen-bond donors (Lipinski definition) is 2. The number of nitrogens with one attached hydrogen (secondary N) is 2. The van der Waals surface area contributed by atoms with E-state index in [9.17, 15) is 19.2 Å². The molecule has 0 radical (unpaired) electrons. The first-order valence-electron chi connectivity index (χ1n) is 8.70. The molecular formula is C18H20N6O4. The Morgan fingerprint density at radius 2 is 1.82 bits per heavy atom. The van der Waals surface area contributed by atoms with Crippen LogP contribution in [0.15, 0.2) is 46.2 Å². The van der Waals surface area contributed by atoms with E-state index in [2.05, 4.69) is 15.6 Å². The predicted molar refractivity (Wildman–Crippen MR) is 102 cm³/mol. The lowest BCUT2D eigenvalue weighted by molar-refractivity contribution is -0.120. The maximum atomic E-state index is 13.0. The summed E-state index contributed by atoms with van der Waals surface area (Å²) in [5, 5.41) is 4.30. The monoisotopic (exact) mass is 384 g/mol. The summed E-state index contributed by atoms with van der Waals surface area (Å²) in [4.78, 5) is 53.5. The number of amides is 3. The van der Waals surface area contributed by atoms with Crippen LogP contribution in [0.25, 0.3) is 11.2 Å². The Balaban J connectivity index is 2.15. The maximum absolute atomic E-state index is 13.0. The van der Waals surface area contributed by atoms with Gasteiger partial charge < -0.3 is 9.88 Å². The van der Waals surface area contributed by atoms with Crippen molar-refractivity contribution in [3.63, 3.8) is 0 Å². The lowest BCUT2D eigenvalue weighted by Crippen LogP contribution is -2.46. The molecule has 0 fully saturated rings. The third kappa shape index (κ3) is 3.56. The highest BCUT2D eigenvalue weighted by molar-refractivity contribution is 5.94. The molecule has 0 aliphatic rings. The highest BCUT2D eigenvalue weighted by Gasteiger charge is 2.20. The molecule has 3 aromatic rings. The molecular weight excluding hydrogens is 364 g/mol. The molecule has 0 atom stereocenters. The van der Waals surface area contributed by atoms with Crippen LogP contribution in [0.1, 0.15) is 12.5 Å². The number of aryl methyl sites for hydroxylation is 1. The fourth-order valence-corrected chi connectivity index (χ4v) is 2.90. The Labute approximate surface area is 159 Å².